The Bertz CT molecular complexity index is 1280. The number of nitrogens with zero attached hydrogens (tertiary/aromatic N) is 2. The fourth-order valence-electron chi connectivity index (χ4n) is 3.67. The zero-order valence-corrected chi connectivity index (χ0v) is 16.2. The molecular weight excluding hydrogens is 360 g/mol. The third kappa shape index (κ3) is 3.65. The Kier molecular flexibility index (Phi) is 4.37. The number of hydrogen-bond donors (Lipinski definition) is 4. The molecular formula is C23H22N6. The summed E-state index contributed by atoms with van der Waals surface area (Å²) < 4.78 is 0. The molecule has 0 atom stereocenters. The molecule has 6 nitrogen and oxygen atoms in total. The summed E-state index contributed by atoms with van der Waals surface area (Å²) in [5, 5.41) is 9.13. The maximum atomic E-state index is 4.59. The van der Waals surface area contributed by atoms with E-state index in [2.05, 4.69) is 80.1 Å². The van der Waals surface area contributed by atoms with Crippen LogP contribution in [0.2, 0.25) is 0 Å². The number of benzene rings is 2. The minimum atomic E-state index is 0.578. The Morgan fingerprint density at radius 3 is 2.90 bits per heavy atom. The van der Waals surface area contributed by atoms with Gasteiger partial charge >= 0.3 is 0 Å². The summed E-state index contributed by atoms with van der Waals surface area (Å²) >= 11 is 0. The number of aromatic nitrogens is 4. The molecule has 0 spiro atoms. The molecule has 3 aromatic heterocycles. The number of nitrogens with one attached hydrogen (secondary N) is 4. The van der Waals surface area contributed by atoms with E-state index in [1.165, 1.54) is 21.9 Å². The van der Waals surface area contributed by atoms with E-state index in [0.717, 1.165) is 35.7 Å². The van der Waals surface area contributed by atoms with E-state index in [0.29, 0.717) is 5.95 Å². The fraction of sp³-hybridized carbons (Fsp3) is 0.130. The highest BCUT2D eigenvalue weighted by Gasteiger charge is 2.05. The highest BCUT2D eigenvalue weighted by molar-refractivity contribution is 5.85. The summed E-state index contributed by atoms with van der Waals surface area (Å²) in [4.78, 5) is 15.6. The van der Waals surface area contributed by atoms with Gasteiger partial charge in [-0.1, -0.05) is 18.2 Å². The lowest BCUT2D eigenvalue weighted by molar-refractivity contribution is 1.01. The van der Waals surface area contributed by atoms with Crippen molar-refractivity contribution in [2.24, 2.45) is 0 Å². The first-order valence-corrected chi connectivity index (χ1v) is 9.73. The Morgan fingerprint density at radius 1 is 1.00 bits per heavy atom. The van der Waals surface area contributed by atoms with Gasteiger partial charge in [0.15, 0.2) is 0 Å². The first-order chi connectivity index (χ1) is 14.2. The van der Waals surface area contributed by atoms with E-state index in [1.807, 2.05) is 18.2 Å². The number of aryl methyl sites for hydroxylation is 1. The lowest BCUT2D eigenvalue weighted by atomic mass is 10.1. The van der Waals surface area contributed by atoms with Crippen molar-refractivity contribution < 1.29 is 0 Å². The lowest BCUT2D eigenvalue weighted by Gasteiger charge is -2.08. The Morgan fingerprint density at radius 2 is 1.93 bits per heavy atom. The van der Waals surface area contributed by atoms with Crippen molar-refractivity contribution in [1.29, 1.82) is 0 Å². The number of rotatable bonds is 6. The van der Waals surface area contributed by atoms with Crippen LogP contribution in [0.5, 0.6) is 0 Å². The predicted molar refractivity (Wildman–Crippen MR) is 119 cm³/mol. The lowest BCUT2D eigenvalue weighted by Crippen LogP contribution is -2.07. The van der Waals surface area contributed by atoms with Gasteiger partial charge in [0.05, 0.1) is 0 Å². The van der Waals surface area contributed by atoms with Gasteiger partial charge in [-0.3, -0.25) is 0 Å². The van der Waals surface area contributed by atoms with Crippen molar-refractivity contribution >= 4 is 39.3 Å². The van der Waals surface area contributed by atoms with Crippen molar-refractivity contribution in [3.63, 3.8) is 0 Å². The Balaban J connectivity index is 1.25. The number of hydrogen-bond acceptors (Lipinski definition) is 4. The topological polar surface area (TPSA) is 81.4 Å². The predicted octanol–water partition coefficient (Wildman–Crippen LogP) is 5.15. The van der Waals surface area contributed by atoms with Crippen LogP contribution < -0.4 is 10.6 Å². The van der Waals surface area contributed by atoms with E-state index in [4.69, 9.17) is 0 Å². The summed E-state index contributed by atoms with van der Waals surface area (Å²) in [6.07, 6.45) is 4.76. The summed E-state index contributed by atoms with van der Waals surface area (Å²) in [7, 11) is 0. The third-order valence-corrected chi connectivity index (χ3v) is 5.04. The second-order valence-corrected chi connectivity index (χ2v) is 7.18. The smallest absolute Gasteiger partial charge is 0.229 e. The van der Waals surface area contributed by atoms with E-state index in [9.17, 15) is 0 Å². The molecule has 29 heavy (non-hydrogen) atoms. The summed E-state index contributed by atoms with van der Waals surface area (Å²) in [6.45, 7) is 2.86. The molecule has 5 rings (SSSR count). The van der Waals surface area contributed by atoms with E-state index in [-0.39, 0.29) is 0 Å². The number of anilines is 3. The molecule has 6 heteroatoms. The molecule has 5 aromatic rings. The number of H-pyrrole nitrogens is 2. The summed E-state index contributed by atoms with van der Waals surface area (Å²) in [5.41, 5.74) is 5.71. The third-order valence-electron chi connectivity index (χ3n) is 5.04. The van der Waals surface area contributed by atoms with Gasteiger partial charge in [0.2, 0.25) is 5.95 Å². The quantitative estimate of drug-likeness (QED) is 0.327. The van der Waals surface area contributed by atoms with Gasteiger partial charge < -0.3 is 20.6 Å². The van der Waals surface area contributed by atoms with Crippen LogP contribution >= 0.6 is 0 Å². The average molecular weight is 382 g/mol. The molecule has 0 bridgehead atoms. The zero-order valence-electron chi connectivity index (χ0n) is 16.2. The van der Waals surface area contributed by atoms with Gasteiger partial charge in [0.25, 0.3) is 0 Å². The van der Waals surface area contributed by atoms with Crippen LogP contribution in [0.15, 0.2) is 67.0 Å². The molecule has 0 aliphatic heterocycles. The minimum Gasteiger partial charge on any atom is -0.370 e. The fourth-order valence-corrected chi connectivity index (χ4v) is 3.67. The zero-order chi connectivity index (χ0) is 19.6. The molecule has 3 heterocycles. The molecule has 144 valence electrons. The first-order valence-electron chi connectivity index (χ1n) is 9.73. The summed E-state index contributed by atoms with van der Waals surface area (Å²) in [5.74, 6) is 1.38. The van der Waals surface area contributed by atoms with E-state index < -0.39 is 0 Å². The van der Waals surface area contributed by atoms with Crippen molar-refractivity contribution in [2.75, 3.05) is 17.2 Å². The maximum Gasteiger partial charge on any atom is 0.229 e. The molecule has 0 amide bonds. The number of aromatic amines is 2. The van der Waals surface area contributed by atoms with Gasteiger partial charge in [-0.15, -0.1) is 0 Å². The number of para-hydroxylation sites is 1. The van der Waals surface area contributed by atoms with Crippen LogP contribution in [0.3, 0.4) is 0 Å². The van der Waals surface area contributed by atoms with Gasteiger partial charge in [-0.25, -0.2) is 4.98 Å². The Hall–Kier alpha value is -3.80. The molecule has 0 aliphatic carbocycles. The maximum absolute atomic E-state index is 4.59. The van der Waals surface area contributed by atoms with Gasteiger partial charge in [0.1, 0.15) is 5.82 Å². The van der Waals surface area contributed by atoms with Gasteiger partial charge in [0, 0.05) is 52.1 Å². The van der Waals surface area contributed by atoms with Gasteiger partial charge in [-0.2, -0.15) is 4.98 Å². The SMILES string of the molecule is Cc1cc2cc(Nc3nccc(NCCc4c[nH]c5ccccc45)n3)ccc2[nH]1. The largest absolute Gasteiger partial charge is 0.370 e. The van der Waals surface area contributed by atoms with Crippen LogP contribution in [-0.2, 0) is 6.42 Å². The van der Waals surface area contributed by atoms with Crippen LogP contribution in [0, 0.1) is 6.92 Å². The molecule has 0 fully saturated rings. The second kappa shape index (κ2) is 7.31. The Labute approximate surface area is 168 Å². The highest BCUT2D eigenvalue weighted by Crippen LogP contribution is 2.22. The standard InChI is InChI=1S/C23H22N6/c1-15-12-17-13-18(6-7-20(17)27-15)28-23-25-11-9-22(29-23)24-10-8-16-14-26-21-5-3-2-4-19(16)21/h2-7,9,11-14,26-27H,8,10H2,1H3,(H2,24,25,28,29). The van der Waals surface area contributed by atoms with Crippen molar-refractivity contribution in [1.82, 2.24) is 19.9 Å². The van der Waals surface area contributed by atoms with E-state index >= 15 is 0 Å². The van der Waals surface area contributed by atoms with Crippen LogP contribution in [0.25, 0.3) is 21.8 Å². The number of fused-ring (bicyclic) bond motifs is 2. The normalized spacial score (nSPS) is 11.2. The average Bonchev–Trinajstić information content (AvgIpc) is 3.31. The van der Waals surface area contributed by atoms with Crippen molar-refractivity contribution in [3.8, 4) is 0 Å². The second-order valence-electron chi connectivity index (χ2n) is 7.18. The molecule has 4 N–H and O–H groups in total. The molecule has 0 unspecified atom stereocenters. The monoisotopic (exact) mass is 382 g/mol. The molecule has 2 aromatic carbocycles. The highest BCUT2D eigenvalue weighted by atomic mass is 15.1. The van der Waals surface area contributed by atoms with Crippen molar-refractivity contribution in [2.45, 2.75) is 13.3 Å². The van der Waals surface area contributed by atoms with Gasteiger partial charge in [-0.05, 0) is 55.3 Å². The van der Waals surface area contributed by atoms with Crippen LogP contribution in [0.1, 0.15) is 11.3 Å². The van der Waals surface area contributed by atoms with Crippen molar-refractivity contribution in [3.05, 3.63) is 78.2 Å². The first kappa shape index (κ1) is 17.3. The molecule has 0 saturated carbocycles. The van der Waals surface area contributed by atoms with Crippen LogP contribution in [0.4, 0.5) is 17.5 Å². The summed E-state index contributed by atoms with van der Waals surface area (Å²) in [6, 6.07) is 18.6. The molecule has 0 radical (unpaired) electrons. The molecule has 0 saturated heterocycles. The molecule has 0 aliphatic rings. The van der Waals surface area contributed by atoms with E-state index in [1.54, 1.807) is 6.20 Å². The van der Waals surface area contributed by atoms with Crippen LogP contribution in [-0.4, -0.2) is 26.5 Å². The minimum absolute atomic E-state index is 0.578.